The van der Waals surface area contributed by atoms with E-state index in [2.05, 4.69) is 31.4 Å². The Hall–Kier alpha value is -2.32. The molecule has 0 aliphatic carbocycles. The van der Waals surface area contributed by atoms with Crippen LogP contribution in [0.15, 0.2) is 47.2 Å². The largest absolute Gasteiger partial charge is 0.470 e. The summed E-state index contributed by atoms with van der Waals surface area (Å²) in [5, 5.41) is 11.6. The summed E-state index contributed by atoms with van der Waals surface area (Å²) >= 11 is 9.43. The van der Waals surface area contributed by atoms with Gasteiger partial charge in [0.15, 0.2) is 6.73 Å². The van der Waals surface area contributed by atoms with Gasteiger partial charge in [-0.25, -0.2) is 4.68 Å². The standard InChI is InChI=1S/C16H15BrClN5O2/c1-22-14(11(17)8-20-22)9-19-16(24)13-6-7-23(21-13)10-25-15-5-3-2-4-12(15)18/h2-8H,9-10H2,1H3,(H,19,24). The lowest BCUT2D eigenvalue weighted by Gasteiger charge is -2.07. The van der Waals surface area contributed by atoms with Gasteiger partial charge >= 0.3 is 0 Å². The Morgan fingerprint density at radius 1 is 1.36 bits per heavy atom. The third-order valence-electron chi connectivity index (χ3n) is 3.49. The zero-order valence-electron chi connectivity index (χ0n) is 13.3. The van der Waals surface area contributed by atoms with Crippen molar-refractivity contribution in [3.05, 3.63) is 63.6 Å². The van der Waals surface area contributed by atoms with Crippen LogP contribution in [0.2, 0.25) is 5.02 Å². The topological polar surface area (TPSA) is 74.0 Å². The highest BCUT2D eigenvalue weighted by molar-refractivity contribution is 9.10. The van der Waals surface area contributed by atoms with E-state index in [9.17, 15) is 4.79 Å². The SMILES string of the molecule is Cn1ncc(Br)c1CNC(=O)c1ccn(COc2ccccc2Cl)n1. The molecule has 9 heteroatoms. The number of hydrogen-bond acceptors (Lipinski definition) is 4. The molecule has 2 heterocycles. The first-order valence-corrected chi connectivity index (χ1v) is 8.57. The number of carbonyl (C=O) groups excluding carboxylic acids is 1. The van der Waals surface area contributed by atoms with Crippen molar-refractivity contribution in [1.82, 2.24) is 24.9 Å². The molecule has 2 aromatic heterocycles. The van der Waals surface area contributed by atoms with Gasteiger partial charge in [0, 0.05) is 13.2 Å². The summed E-state index contributed by atoms with van der Waals surface area (Å²) in [4.78, 5) is 12.2. The van der Waals surface area contributed by atoms with Crippen molar-refractivity contribution in [1.29, 1.82) is 0 Å². The van der Waals surface area contributed by atoms with Gasteiger partial charge in [-0.15, -0.1) is 0 Å². The smallest absolute Gasteiger partial charge is 0.272 e. The first-order chi connectivity index (χ1) is 12.0. The maximum Gasteiger partial charge on any atom is 0.272 e. The lowest BCUT2D eigenvalue weighted by Crippen LogP contribution is -2.25. The van der Waals surface area contributed by atoms with Crippen molar-refractivity contribution in [3.63, 3.8) is 0 Å². The van der Waals surface area contributed by atoms with Crippen LogP contribution in [-0.2, 0) is 20.3 Å². The highest BCUT2D eigenvalue weighted by Gasteiger charge is 2.12. The van der Waals surface area contributed by atoms with E-state index in [1.807, 2.05) is 19.2 Å². The Kier molecular flexibility index (Phi) is 5.40. The zero-order valence-corrected chi connectivity index (χ0v) is 15.7. The van der Waals surface area contributed by atoms with Gasteiger partial charge in [0.25, 0.3) is 5.91 Å². The Labute approximate surface area is 157 Å². The second-order valence-corrected chi connectivity index (χ2v) is 6.45. The van der Waals surface area contributed by atoms with E-state index in [4.69, 9.17) is 16.3 Å². The van der Waals surface area contributed by atoms with Crippen LogP contribution >= 0.6 is 27.5 Å². The maximum atomic E-state index is 12.2. The van der Waals surface area contributed by atoms with Crippen molar-refractivity contribution in [2.45, 2.75) is 13.3 Å². The average Bonchev–Trinajstić information content (AvgIpc) is 3.20. The number of nitrogens with zero attached hydrogens (tertiary/aromatic N) is 4. The quantitative estimate of drug-likeness (QED) is 0.660. The van der Waals surface area contributed by atoms with Crippen molar-refractivity contribution >= 4 is 33.4 Å². The molecule has 1 aromatic carbocycles. The van der Waals surface area contributed by atoms with Crippen molar-refractivity contribution < 1.29 is 9.53 Å². The third-order valence-corrected chi connectivity index (χ3v) is 4.46. The lowest BCUT2D eigenvalue weighted by molar-refractivity contribution is 0.0943. The molecule has 7 nitrogen and oxygen atoms in total. The van der Waals surface area contributed by atoms with Crippen LogP contribution in [-0.4, -0.2) is 25.5 Å². The fraction of sp³-hybridized carbons (Fsp3) is 0.188. The van der Waals surface area contributed by atoms with Crippen LogP contribution in [0.4, 0.5) is 0 Å². The number of benzene rings is 1. The average molecular weight is 425 g/mol. The summed E-state index contributed by atoms with van der Waals surface area (Å²) in [6.07, 6.45) is 3.36. The molecule has 0 fully saturated rings. The number of halogens is 2. The van der Waals surface area contributed by atoms with Crippen LogP contribution < -0.4 is 10.1 Å². The first kappa shape index (κ1) is 17.5. The van der Waals surface area contributed by atoms with Crippen molar-refractivity contribution in [2.24, 2.45) is 7.05 Å². The number of rotatable bonds is 6. The Balaban J connectivity index is 1.57. The van der Waals surface area contributed by atoms with E-state index in [1.165, 1.54) is 4.68 Å². The minimum Gasteiger partial charge on any atom is -0.470 e. The lowest BCUT2D eigenvalue weighted by atomic mass is 10.3. The maximum absolute atomic E-state index is 12.2. The fourth-order valence-corrected chi connectivity index (χ4v) is 2.82. The minimum atomic E-state index is -0.274. The number of ether oxygens (including phenoxy) is 1. The molecule has 3 aromatic rings. The molecule has 0 saturated heterocycles. The summed E-state index contributed by atoms with van der Waals surface area (Å²) in [6, 6.07) is 8.80. The molecule has 0 bridgehead atoms. The van der Waals surface area contributed by atoms with Crippen molar-refractivity contribution in [2.75, 3.05) is 0 Å². The van der Waals surface area contributed by atoms with Crippen LogP contribution in [0.5, 0.6) is 5.75 Å². The number of aryl methyl sites for hydroxylation is 1. The monoisotopic (exact) mass is 423 g/mol. The molecule has 1 amide bonds. The van der Waals surface area contributed by atoms with Gasteiger partial charge in [0.2, 0.25) is 0 Å². The predicted molar refractivity (Wildman–Crippen MR) is 96.4 cm³/mol. The summed E-state index contributed by atoms with van der Waals surface area (Å²) in [5.41, 5.74) is 1.18. The second kappa shape index (κ2) is 7.71. The van der Waals surface area contributed by atoms with Gasteiger partial charge in [0.05, 0.1) is 27.9 Å². The summed E-state index contributed by atoms with van der Waals surface area (Å²) in [5.74, 6) is 0.288. The molecular weight excluding hydrogens is 410 g/mol. The summed E-state index contributed by atoms with van der Waals surface area (Å²) in [7, 11) is 1.81. The molecule has 0 aliphatic rings. The summed E-state index contributed by atoms with van der Waals surface area (Å²) < 4.78 is 9.65. The van der Waals surface area contributed by atoms with Crippen LogP contribution in [0.25, 0.3) is 0 Å². The first-order valence-electron chi connectivity index (χ1n) is 7.40. The molecule has 25 heavy (non-hydrogen) atoms. The number of para-hydroxylation sites is 1. The molecule has 1 N–H and O–H groups in total. The van der Waals surface area contributed by atoms with Crippen LogP contribution in [0, 0.1) is 0 Å². The Morgan fingerprint density at radius 2 is 2.16 bits per heavy atom. The Bertz CT molecular complexity index is 873. The summed E-state index contributed by atoms with van der Waals surface area (Å²) in [6.45, 7) is 0.503. The molecule has 0 saturated carbocycles. The second-order valence-electron chi connectivity index (χ2n) is 5.19. The molecular formula is C16H15BrClN5O2. The van der Waals surface area contributed by atoms with E-state index in [0.29, 0.717) is 23.0 Å². The number of nitrogens with one attached hydrogen (secondary N) is 1. The molecule has 0 spiro atoms. The molecule has 0 unspecified atom stereocenters. The van der Waals surface area contributed by atoms with E-state index in [1.54, 1.807) is 35.3 Å². The van der Waals surface area contributed by atoms with Gasteiger partial charge in [-0.2, -0.15) is 10.2 Å². The van der Waals surface area contributed by atoms with Gasteiger partial charge in [-0.3, -0.25) is 9.48 Å². The van der Waals surface area contributed by atoms with Gasteiger partial charge < -0.3 is 10.1 Å². The highest BCUT2D eigenvalue weighted by atomic mass is 79.9. The van der Waals surface area contributed by atoms with E-state index in [-0.39, 0.29) is 12.6 Å². The third kappa shape index (κ3) is 4.21. The van der Waals surface area contributed by atoms with E-state index >= 15 is 0 Å². The Morgan fingerprint density at radius 3 is 2.88 bits per heavy atom. The van der Waals surface area contributed by atoms with Crippen LogP contribution in [0.1, 0.15) is 16.2 Å². The molecule has 0 aliphatic heterocycles. The van der Waals surface area contributed by atoms with E-state index in [0.717, 1.165) is 10.2 Å². The highest BCUT2D eigenvalue weighted by Crippen LogP contribution is 2.23. The number of aromatic nitrogens is 4. The molecule has 130 valence electrons. The zero-order chi connectivity index (χ0) is 17.8. The van der Waals surface area contributed by atoms with Gasteiger partial charge in [-0.1, -0.05) is 23.7 Å². The number of carbonyl (C=O) groups is 1. The molecule has 0 atom stereocenters. The molecule has 3 rings (SSSR count). The number of hydrogen-bond donors (Lipinski definition) is 1. The number of amides is 1. The van der Waals surface area contributed by atoms with Gasteiger partial charge in [0.1, 0.15) is 11.4 Å². The fourth-order valence-electron chi connectivity index (χ4n) is 2.14. The van der Waals surface area contributed by atoms with E-state index < -0.39 is 0 Å². The van der Waals surface area contributed by atoms with Crippen molar-refractivity contribution in [3.8, 4) is 5.75 Å². The van der Waals surface area contributed by atoms with Crippen LogP contribution in [0.3, 0.4) is 0 Å². The van der Waals surface area contributed by atoms with Gasteiger partial charge in [-0.05, 0) is 34.1 Å². The normalized spacial score (nSPS) is 10.7. The minimum absolute atomic E-state index is 0.157. The predicted octanol–water partition coefficient (Wildman–Crippen LogP) is 3.00. The molecule has 0 radical (unpaired) electrons.